The number of rotatable bonds is 11. The second-order valence-corrected chi connectivity index (χ2v) is 4.80. The maximum absolute atomic E-state index is 5.67. The van der Waals surface area contributed by atoms with E-state index in [1.54, 1.807) is 0 Å². The van der Waals surface area contributed by atoms with Crippen LogP contribution in [0.15, 0.2) is 12.3 Å². The Morgan fingerprint density at radius 2 is 1.88 bits per heavy atom. The summed E-state index contributed by atoms with van der Waals surface area (Å²) in [7, 11) is 0. The maximum Gasteiger partial charge on any atom is 0.208 e. The highest BCUT2D eigenvalue weighted by molar-refractivity contribution is 14.1. The van der Waals surface area contributed by atoms with Gasteiger partial charge in [-0.15, -0.1) is 0 Å². The molecule has 0 heterocycles. The molecule has 16 heavy (non-hydrogen) atoms. The van der Waals surface area contributed by atoms with Crippen molar-refractivity contribution in [3.63, 3.8) is 0 Å². The van der Waals surface area contributed by atoms with Gasteiger partial charge in [-0.05, 0) is 12.8 Å². The van der Waals surface area contributed by atoms with Crippen molar-refractivity contribution in [1.82, 2.24) is 0 Å². The van der Waals surface area contributed by atoms with Crippen LogP contribution in [0.4, 0.5) is 0 Å². The van der Waals surface area contributed by atoms with E-state index < -0.39 is 0 Å². The fraction of sp³-hybridized carbons (Fsp3) is 0.846. The molecule has 0 aliphatic heterocycles. The Morgan fingerprint density at radius 3 is 2.44 bits per heavy atom. The fourth-order valence-corrected chi connectivity index (χ4v) is 1.72. The van der Waals surface area contributed by atoms with Gasteiger partial charge < -0.3 is 9.47 Å². The van der Waals surface area contributed by atoms with Gasteiger partial charge in [-0.3, -0.25) is 0 Å². The molecule has 0 aromatic carbocycles. The molecular weight excluding hydrogens is 315 g/mol. The molecule has 96 valence electrons. The van der Waals surface area contributed by atoms with Crippen molar-refractivity contribution in [1.29, 1.82) is 0 Å². The number of ether oxygens (including phenoxy) is 2. The zero-order valence-electron chi connectivity index (χ0n) is 10.6. The summed E-state index contributed by atoms with van der Waals surface area (Å²) in [4.78, 5) is 0. The van der Waals surface area contributed by atoms with E-state index in [-0.39, 0.29) is 6.29 Å². The van der Waals surface area contributed by atoms with Crippen LogP contribution < -0.4 is 0 Å². The monoisotopic (exact) mass is 340 g/mol. The van der Waals surface area contributed by atoms with Crippen LogP contribution in [0.5, 0.6) is 0 Å². The summed E-state index contributed by atoms with van der Waals surface area (Å²) < 4.78 is 12.1. The number of unbranched alkanes of at least 4 members (excludes halogenated alkanes) is 3. The van der Waals surface area contributed by atoms with Crippen LogP contribution in [0.3, 0.4) is 0 Å². The van der Waals surface area contributed by atoms with Gasteiger partial charge in [0.25, 0.3) is 0 Å². The van der Waals surface area contributed by atoms with Gasteiger partial charge in [-0.1, -0.05) is 62.3 Å². The molecule has 0 spiro atoms. The first-order valence-electron chi connectivity index (χ1n) is 6.26. The largest absolute Gasteiger partial charge is 0.469 e. The maximum atomic E-state index is 5.67. The van der Waals surface area contributed by atoms with Gasteiger partial charge in [0.2, 0.25) is 6.29 Å². The van der Waals surface area contributed by atoms with Gasteiger partial charge in [0.05, 0.1) is 16.8 Å². The third-order valence-corrected chi connectivity index (χ3v) is 3.00. The molecule has 0 amide bonds. The Balaban J connectivity index is 3.61. The van der Waals surface area contributed by atoms with E-state index in [4.69, 9.17) is 9.47 Å². The standard InChI is InChI=1S/C13H25IO2/c1-4-6-8-9-12(3)16-13(11-14)15-10-7-5-2/h13H,3-11H2,1-2H3. The van der Waals surface area contributed by atoms with E-state index in [0.717, 1.165) is 42.5 Å². The van der Waals surface area contributed by atoms with E-state index in [0.29, 0.717) is 0 Å². The van der Waals surface area contributed by atoms with Crippen LogP contribution in [-0.2, 0) is 9.47 Å². The molecule has 0 rings (SSSR count). The van der Waals surface area contributed by atoms with Crippen LogP contribution in [-0.4, -0.2) is 17.3 Å². The number of hydrogen-bond acceptors (Lipinski definition) is 2. The predicted molar refractivity (Wildman–Crippen MR) is 77.9 cm³/mol. The van der Waals surface area contributed by atoms with Crippen molar-refractivity contribution in [3.8, 4) is 0 Å². The highest BCUT2D eigenvalue weighted by atomic mass is 127. The van der Waals surface area contributed by atoms with Gasteiger partial charge in [-0.2, -0.15) is 0 Å². The lowest BCUT2D eigenvalue weighted by atomic mass is 10.2. The number of halogens is 1. The van der Waals surface area contributed by atoms with E-state index in [9.17, 15) is 0 Å². The van der Waals surface area contributed by atoms with Crippen molar-refractivity contribution in [2.45, 2.75) is 58.7 Å². The molecule has 0 aliphatic carbocycles. The highest BCUT2D eigenvalue weighted by Gasteiger charge is 2.09. The summed E-state index contributed by atoms with van der Waals surface area (Å²) in [5.74, 6) is 0.867. The average molecular weight is 340 g/mol. The minimum atomic E-state index is -0.110. The average Bonchev–Trinajstić information content (AvgIpc) is 2.28. The first kappa shape index (κ1) is 16.2. The fourth-order valence-electron chi connectivity index (χ4n) is 1.29. The van der Waals surface area contributed by atoms with Crippen LogP contribution in [0, 0.1) is 0 Å². The Bertz CT molecular complexity index is 171. The van der Waals surface area contributed by atoms with Crippen LogP contribution in [0.25, 0.3) is 0 Å². The summed E-state index contributed by atoms with van der Waals surface area (Å²) in [6.07, 6.45) is 6.74. The summed E-state index contributed by atoms with van der Waals surface area (Å²) in [5.41, 5.74) is 0. The summed E-state index contributed by atoms with van der Waals surface area (Å²) in [5, 5.41) is 0. The van der Waals surface area contributed by atoms with Gasteiger partial charge in [0, 0.05) is 6.42 Å². The van der Waals surface area contributed by atoms with Gasteiger partial charge in [0.15, 0.2) is 0 Å². The number of alkyl halides is 1. The van der Waals surface area contributed by atoms with Crippen molar-refractivity contribution < 1.29 is 9.47 Å². The minimum Gasteiger partial charge on any atom is -0.469 e. The Hall–Kier alpha value is 0.230. The van der Waals surface area contributed by atoms with Crippen molar-refractivity contribution >= 4 is 22.6 Å². The molecule has 0 saturated carbocycles. The topological polar surface area (TPSA) is 18.5 Å². The quantitative estimate of drug-likeness (QED) is 0.179. The predicted octanol–water partition coefficient (Wildman–Crippen LogP) is 4.67. The van der Waals surface area contributed by atoms with Crippen molar-refractivity contribution in [3.05, 3.63) is 12.3 Å². The molecule has 1 unspecified atom stereocenters. The molecule has 0 N–H and O–H groups in total. The highest BCUT2D eigenvalue weighted by Crippen LogP contribution is 2.13. The van der Waals surface area contributed by atoms with Gasteiger partial charge >= 0.3 is 0 Å². The van der Waals surface area contributed by atoms with E-state index in [1.165, 1.54) is 12.8 Å². The zero-order chi connectivity index (χ0) is 12.2. The molecule has 0 aliphatic rings. The summed E-state index contributed by atoms with van der Waals surface area (Å²) in [6, 6.07) is 0. The molecule has 0 aromatic heterocycles. The van der Waals surface area contributed by atoms with Crippen molar-refractivity contribution in [2.24, 2.45) is 0 Å². The molecule has 1 atom stereocenters. The second kappa shape index (κ2) is 11.7. The molecule has 0 aromatic rings. The first-order valence-corrected chi connectivity index (χ1v) is 7.79. The molecule has 0 saturated heterocycles. The molecule has 0 radical (unpaired) electrons. The summed E-state index contributed by atoms with van der Waals surface area (Å²) >= 11 is 2.29. The molecular formula is C13H25IO2. The third kappa shape index (κ3) is 9.46. The van der Waals surface area contributed by atoms with Crippen LogP contribution in [0.2, 0.25) is 0 Å². The number of allylic oxidation sites excluding steroid dienone is 1. The Labute approximate surface area is 114 Å². The SMILES string of the molecule is C=C(CCCCC)OC(CI)OCCCC. The molecule has 2 nitrogen and oxygen atoms in total. The lowest BCUT2D eigenvalue weighted by Crippen LogP contribution is -2.19. The van der Waals surface area contributed by atoms with Crippen molar-refractivity contribution in [2.75, 3.05) is 11.0 Å². The Morgan fingerprint density at radius 1 is 1.19 bits per heavy atom. The van der Waals surface area contributed by atoms with E-state index >= 15 is 0 Å². The number of hydrogen-bond donors (Lipinski definition) is 0. The van der Waals surface area contributed by atoms with Gasteiger partial charge in [-0.25, -0.2) is 0 Å². The minimum absolute atomic E-state index is 0.110. The Kier molecular flexibility index (Phi) is 11.9. The zero-order valence-corrected chi connectivity index (χ0v) is 12.8. The lowest BCUT2D eigenvalue weighted by molar-refractivity contribution is -0.100. The normalized spacial score (nSPS) is 12.4. The van der Waals surface area contributed by atoms with E-state index in [2.05, 4.69) is 43.0 Å². The van der Waals surface area contributed by atoms with Crippen LogP contribution in [0.1, 0.15) is 52.4 Å². The van der Waals surface area contributed by atoms with Crippen LogP contribution >= 0.6 is 22.6 Å². The molecule has 0 fully saturated rings. The smallest absolute Gasteiger partial charge is 0.208 e. The first-order chi connectivity index (χ1) is 7.74. The lowest BCUT2D eigenvalue weighted by Gasteiger charge is -2.18. The van der Waals surface area contributed by atoms with Gasteiger partial charge in [0.1, 0.15) is 0 Å². The molecule has 0 bridgehead atoms. The molecule has 3 heteroatoms. The van der Waals surface area contributed by atoms with E-state index in [1.807, 2.05) is 0 Å². The second-order valence-electron chi connectivity index (χ2n) is 3.92. The third-order valence-electron chi connectivity index (χ3n) is 2.28. The summed E-state index contributed by atoms with van der Waals surface area (Å²) in [6.45, 7) is 9.08.